The highest BCUT2D eigenvalue weighted by Gasteiger charge is 2.12. The third-order valence-corrected chi connectivity index (χ3v) is 3.84. The van der Waals surface area contributed by atoms with Gasteiger partial charge in [0.1, 0.15) is 0 Å². The van der Waals surface area contributed by atoms with Gasteiger partial charge in [-0.25, -0.2) is 0 Å². The van der Waals surface area contributed by atoms with E-state index in [-0.39, 0.29) is 0 Å². The summed E-state index contributed by atoms with van der Waals surface area (Å²) in [5.41, 5.74) is 1.40. The summed E-state index contributed by atoms with van der Waals surface area (Å²) in [5.74, 6) is 0. The normalized spacial score (nSPS) is 18.0. The van der Waals surface area contributed by atoms with Crippen LogP contribution in [-0.2, 0) is 13.1 Å². The average Bonchev–Trinajstić information content (AvgIpc) is 2.86. The van der Waals surface area contributed by atoms with Crippen LogP contribution in [0.25, 0.3) is 0 Å². The van der Waals surface area contributed by atoms with E-state index < -0.39 is 0 Å². The molecule has 0 spiro atoms. The number of likely N-dealkylation sites (N-methyl/N-ethyl adjacent to an activating group) is 1. The van der Waals surface area contributed by atoms with Crippen molar-refractivity contribution in [1.82, 2.24) is 19.7 Å². The standard InChI is InChI=1S/C15H28N4/c1-3-5-16-13-15-4-6-19(14-15)12-11-18-9-7-17(2)8-10-18/h4,6,14,16H,3,5,7-13H2,1-2H3. The monoisotopic (exact) mass is 264 g/mol. The Morgan fingerprint density at radius 2 is 1.95 bits per heavy atom. The Morgan fingerprint density at radius 1 is 1.16 bits per heavy atom. The van der Waals surface area contributed by atoms with E-state index in [9.17, 15) is 0 Å². The van der Waals surface area contributed by atoms with Crippen molar-refractivity contribution in [1.29, 1.82) is 0 Å². The summed E-state index contributed by atoms with van der Waals surface area (Å²) in [6.07, 6.45) is 5.68. The molecule has 4 heteroatoms. The smallest absolute Gasteiger partial charge is 0.0347 e. The molecule has 0 bridgehead atoms. The van der Waals surface area contributed by atoms with Gasteiger partial charge in [0, 0.05) is 58.2 Å². The van der Waals surface area contributed by atoms with Crippen LogP contribution in [0.15, 0.2) is 18.5 Å². The molecule has 4 nitrogen and oxygen atoms in total. The molecule has 2 heterocycles. The third kappa shape index (κ3) is 4.97. The van der Waals surface area contributed by atoms with Gasteiger partial charge in [0.25, 0.3) is 0 Å². The molecular weight excluding hydrogens is 236 g/mol. The number of nitrogens with one attached hydrogen (secondary N) is 1. The summed E-state index contributed by atoms with van der Waals surface area (Å²) in [5, 5.41) is 3.45. The van der Waals surface area contributed by atoms with Crippen molar-refractivity contribution < 1.29 is 0 Å². The van der Waals surface area contributed by atoms with Crippen molar-refractivity contribution in [3.8, 4) is 0 Å². The predicted octanol–water partition coefficient (Wildman–Crippen LogP) is 1.24. The highest BCUT2D eigenvalue weighted by Crippen LogP contribution is 2.03. The van der Waals surface area contributed by atoms with E-state index in [1.807, 2.05) is 0 Å². The second-order valence-corrected chi connectivity index (χ2v) is 5.58. The molecule has 0 amide bonds. The second kappa shape index (κ2) is 7.68. The lowest BCUT2D eigenvalue weighted by Gasteiger charge is -2.32. The van der Waals surface area contributed by atoms with E-state index in [2.05, 4.69) is 52.1 Å². The molecule has 1 aliphatic rings. The van der Waals surface area contributed by atoms with Gasteiger partial charge in [0.2, 0.25) is 0 Å². The molecule has 1 saturated heterocycles. The van der Waals surface area contributed by atoms with E-state index in [1.165, 1.54) is 44.7 Å². The van der Waals surface area contributed by atoms with E-state index in [1.54, 1.807) is 0 Å². The van der Waals surface area contributed by atoms with Crippen LogP contribution in [0.3, 0.4) is 0 Å². The molecule has 1 aromatic heterocycles. The molecule has 2 rings (SSSR count). The largest absolute Gasteiger partial charge is 0.353 e. The molecule has 1 aliphatic heterocycles. The maximum atomic E-state index is 3.45. The first kappa shape index (κ1) is 14.6. The number of hydrogen-bond acceptors (Lipinski definition) is 3. The van der Waals surface area contributed by atoms with Crippen molar-refractivity contribution in [2.24, 2.45) is 0 Å². The molecule has 0 aliphatic carbocycles. The fourth-order valence-corrected chi connectivity index (χ4v) is 2.47. The number of piperazine rings is 1. The summed E-state index contributed by atoms with van der Waals surface area (Å²) >= 11 is 0. The minimum Gasteiger partial charge on any atom is -0.353 e. The Kier molecular flexibility index (Phi) is 5.89. The zero-order chi connectivity index (χ0) is 13.5. The van der Waals surface area contributed by atoms with Gasteiger partial charge < -0.3 is 14.8 Å². The molecular formula is C15H28N4. The first-order valence-corrected chi connectivity index (χ1v) is 7.54. The van der Waals surface area contributed by atoms with Crippen molar-refractivity contribution in [3.63, 3.8) is 0 Å². The number of rotatable bonds is 7. The van der Waals surface area contributed by atoms with Crippen LogP contribution in [0.1, 0.15) is 18.9 Å². The summed E-state index contributed by atoms with van der Waals surface area (Å²) < 4.78 is 2.32. The SMILES string of the molecule is CCCNCc1ccn(CCN2CCN(C)CC2)c1. The summed E-state index contributed by atoms with van der Waals surface area (Å²) in [6, 6.07) is 2.23. The van der Waals surface area contributed by atoms with E-state index in [0.717, 1.165) is 19.6 Å². The molecule has 0 saturated carbocycles. The predicted molar refractivity (Wildman–Crippen MR) is 80.4 cm³/mol. The van der Waals surface area contributed by atoms with Gasteiger partial charge in [-0.05, 0) is 31.6 Å². The van der Waals surface area contributed by atoms with Gasteiger partial charge in [0.05, 0.1) is 0 Å². The van der Waals surface area contributed by atoms with Gasteiger partial charge in [-0.15, -0.1) is 0 Å². The second-order valence-electron chi connectivity index (χ2n) is 5.58. The van der Waals surface area contributed by atoms with Gasteiger partial charge in [-0.1, -0.05) is 6.92 Å². The topological polar surface area (TPSA) is 23.4 Å². The van der Waals surface area contributed by atoms with Crippen molar-refractivity contribution in [2.75, 3.05) is 46.3 Å². The van der Waals surface area contributed by atoms with Crippen LogP contribution in [-0.4, -0.2) is 60.7 Å². The van der Waals surface area contributed by atoms with Crippen molar-refractivity contribution >= 4 is 0 Å². The molecule has 1 N–H and O–H groups in total. The zero-order valence-corrected chi connectivity index (χ0v) is 12.4. The molecule has 1 fully saturated rings. The summed E-state index contributed by atoms with van der Waals surface area (Å²) in [6.45, 7) is 11.4. The highest BCUT2D eigenvalue weighted by molar-refractivity contribution is 5.09. The first-order chi connectivity index (χ1) is 9.28. The van der Waals surface area contributed by atoms with Crippen molar-refractivity contribution in [3.05, 3.63) is 24.0 Å². The minimum atomic E-state index is 0.995. The maximum absolute atomic E-state index is 3.45. The lowest BCUT2D eigenvalue weighted by atomic mass is 10.3. The number of nitrogens with zero attached hydrogens (tertiary/aromatic N) is 3. The fraction of sp³-hybridized carbons (Fsp3) is 0.733. The van der Waals surface area contributed by atoms with Crippen molar-refractivity contribution in [2.45, 2.75) is 26.4 Å². The van der Waals surface area contributed by atoms with Crippen LogP contribution in [0, 0.1) is 0 Å². The van der Waals surface area contributed by atoms with Gasteiger partial charge >= 0.3 is 0 Å². The lowest BCUT2D eigenvalue weighted by molar-refractivity contribution is 0.150. The molecule has 0 atom stereocenters. The van der Waals surface area contributed by atoms with Crippen LogP contribution in [0.5, 0.6) is 0 Å². The molecule has 108 valence electrons. The molecule has 0 radical (unpaired) electrons. The first-order valence-electron chi connectivity index (χ1n) is 7.54. The van der Waals surface area contributed by atoms with Crippen LogP contribution in [0.4, 0.5) is 0 Å². The summed E-state index contributed by atoms with van der Waals surface area (Å²) in [4.78, 5) is 4.97. The fourth-order valence-electron chi connectivity index (χ4n) is 2.47. The van der Waals surface area contributed by atoms with Gasteiger partial charge in [-0.2, -0.15) is 0 Å². The highest BCUT2D eigenvalue weighted by atomic mass is 15.2. The van der Waals surface area contributed by atoms with Crippen LogP contribution >= 0.6 is 0 Å². The van der Waals surface area contributed by atoms with E-state index in [0.29, 0.717) is 0 Å². The molecule has 0 aromatic carbocycles. The zero-order valence-electron chi connectivity index (χ0n) is 12.4. The Hall–Kier alpha value is -0.840. The summed E-state index contributed by atoms with van der Waals surface area (Å²) in [7, 11) is 2.21. The van der Waals surface area contributed by atoms with E-state index >= 15 is 0 Å². The molecule has 19 heavy (non-hydrogen) atoms. The lowest BCUT2D eigenvalue weighted by Crippen LogP contribution is -2.45. The maximum Gasteiger partial charge on any atom is 0.0347 e. The van der Waals surface area contributed by atoms with Gasteiger partial charge in [0.15, 0.2) is 0 Å². The Bertz CT molecular complexity index is 353. The van der Waals surface area contributed by atoms with Crippen LogP contribution < -0.4 is 5.32 Å². The Labute approximate surface area is 117 Å². The number of hydrogen-bond donors (Lipinski definition) is 1. The Balaban J connectivity index is 1.68. The molecule has 1 aromatic rings. The van der Waals surface area contributed by atoms with Gasteiger partial charge in [-0.3, -0.25) is 4.90 Å². The number of aromatic nitrogens is 1. The minimum absolute atomic E-state index is 0.995. The molecule has 0 unspecified atom stereocenters. The Morgan fingerprint density at radius 3 is 2.68 bits per heavy atom. The third-order valence-electron chi connectivity index (χ3n) is 3.84. The average molecular weight is 264 g/mol. The van der Waals surface area contributed by atoms with E-state index in [4.69, 9.17) is 0 Å². The quantitative estimate of drug-likeness (QED) is 0.750. The van der Waals surface area contributed by atoms with Crippen LogP contribution in [0.2, 0.25) is 0 Å².